The van der Waals surface area contributed by atoms with E-state index < -0.39 is 12.3 Å². The molecular formula is C28H27F2N3O2. The van der Waals surface area contributed by atoms with E-state index in [1.807, 2.05) is 18.2 Å². The highest BCUT2D eigenvalue weighted by atomic mass is 19.3. The summed E-state index contributed by atoms with van der Waals surface area (Å²) in [4.78, 5) is 2.47. The Hall–Kier alpha value is -3.45. The molecular weight excluding hydrogens is 448 g/mol. The van der Waals surface area contributed by atoms with Crippen molar-refractivity contribution in [2.24, 2.45) is 5.10 Å². The van der Waals surface area contributed by atoms with Gasteiger partial charge in [0, 0.05) is 44.5 Å². The number of alkyl halides is 2. The molecule has 0 amide bonds. The summed E-state index contributed by atoms with van der Waals surface area (Å²) < 4.78 is 36.3. The second-order valence-electron chi connectivity index (χ2n) is 9.36. The fourth-order valence-corrected chi connectivity index (χ4v) is 5.46. The maximum absolute atomic E-state index is 12.5. The summed E-state index contributed by atoms with van der Waals surface area (Å²) in [5.74, 6) is 1.08. The van der Waals surface area contributed by atoms with Crippen LogP contribution >= 0.6 is 0 Å². The molecule has 6 rings (SSSR count). The van der Waals surface area contributed by atoms with Crippen LogP contribution in [0.1, 0.15) is 42.0 Å². The highest BCUT2D eigenvalue weighted by Crippen LogP contribution is 2.50. The van der Waals surface area contributed by atoms with Gasteiger partial charge in [0.05, 0.1) is 11.8 Å². The van der Waals surface area contributed by atoms with Gasteiger partial charge in [-0.25, -0.2) is 5.01 Å². The maximum Gasteiger partial charge on any atom is 0.387 e. The maximum atomic E-state index is 12.5. The average molecular weight is 476 g/mol. The molecule has 3 heterocycles. The molecule has 0 radical (unpaired) electrons. The molecule has 0 N–H and O–H groups in total. The zero-order valence-electron chi connectivity index (χ0n) is 19.3. The third-order valence-corrected chi connectivity index (χ3v) is 7.20. The molecule has 7 heteroatoms. The minimum atomic E-state index is -2.83. The highest BCUT2D eigenvalue weighted by Gasteiger charge is 2.51. The number of para-hydroxylation sites is 1. The SMILES string of the molecule is FC(F)Oc1ccc(C2=NN3[C@@H](C2)c2ccccc2OC32CCN(Cc3ccccc3)CC2)cc1. The molecule has 0 unspecified atom stereocenters. The summed E-state index contributed by atoms with van der Waals surface area (Å²) in [5, 5.41) is 7.25. The molecule has 1 saturated heterocycles. The van der Waals surface area contributed by atoms with Crippen molar-refractivity contribution in [2.75, 3.05) is 13.1 Å². The van der Waals surface area contributed by atoms with E-state index in [1.165, 1.54) is 5.56 Å². The second kappa shape index (κ2) is 8.96. The zero-order valence-corrected chi connectivity index (χ0v) is 19.3. The van der Waals surface area contributed by atoms with Crippen molar-refractivity contribution in [1.29, 1.82) is 0 Å². The first-order valence-electron chi connectivity index (χ1n) is 12.1. The number of halogens is 2. The standard InChI is InChI=1S/C28H27F2N3O2/c29-27(30)34-22-12-10-21(11-13-22)24-18-25-23-8-4-5-9-26(23)35-28(33(25)31-24)14-16-32(17-15-28)19-20-6-2-1-3-7-20/h1-13,25,27H,14-19H2/t25-/m0/s1. The van der Waals surface area contributed by atoms with Crippen molar-refractivity contribution in [3.05, 3.63) is 95.6 Å². The second-order valence-corrected chi connectivity index (χ2v) is 9.36. The predicted molar refractivity (Wildman–Crippen MR) is 130 cm³/mol. The monoisotopic (exact) mass is 475 g/mol. The fraction of sp³-hybridized carbons (Fsp3) is 0.321. The summed E-state index contributed by atoms with van der Waals surface area (Å²) in [6.07, 6.45) is 2.44. The molecule has 3 aromatic rings. The minimum Gasteiger partial charge on any atom is -0.466 e. The summed E-state index contributed by atoms with van der Waals surface area (Å²) >= 11 is 0. The van der Waals surface area contributed by atoms with Gasteiger partial charge in [0.25, 0.3) is 0 Å². The lowest BCUT2D eigenvalue weighted by Crippen LogP contribution is -2.59. The van der Waals surface area contributed by atoms with Gasteiger partial charge in [-0.2, -0.15) is 13.9 Å². The highest BCUT2D eigenvalue weighted by molar-refractivity contribution is 6.02. The van der Waals surface area contributed by atoms with Crippen LogP contribution < -0.4 is 9.47 Å². The molecule has 0 aliphatic carbocycles. The minimum absolute atomic E-state index is 0.0904. The first-order chi connectivity index (χ1) is 17.1. The number of benzene rings is 3. The third kappa shape index (κ3) is 4.25. The molecule has 35 heavy (non-hydrogen) atoms. The van der Waals surface area contributed by atoms with Gasteiger partial charge in [0.15, 0.2) is 0 Å². The average Bonchev–Trinajstić information content (AvgIpc) is 3.33. The topological polar surface area (TPSA) is 37.3 Å². The van der Waals surface area contributed by atoms with E-state index in [1.54, 1.807) is 24.3 Å². The zero-order chi connectivity index (χ0) is 23.8. The molecule has 1 atom stereocenters. The molecule has 0 bridgehead atoms. The lowest BCUT2D eigenvalue weighted by atomic mass is 9.90. The van der Waals surface area contributed by atoms with Crippen molar-refractivity contribution in [3.8, 4) is 11.5 Å². The Labute approximate surface area is 203 Å². The Morgan fingerprint density at radius 1 is 0.943 bits per heavy atom. The Morgan fingerprint density at radius 3 is 2.40 bits per heavy atom. The summed E-state index contributed by atoms with van der Waals surface area (Å²) in [7, 11) is 0. The van der Waals surface area contributed by atoms with Crippen LogP contribution in [0.5, 0.6) is 11.5 Å². The summed E-state index contributed by atoms with van der Waals surface area (Å²) in [6, 6.07) is 25.6. The van der Waals surface area contributed by atoms with Crippen LogP contribution in [-0.4, -0.2) is 41.0 Å². The van der Waals surface area contributed by atoms with Crippen molar-refractivity contribution in [3.63, 3.8) is 0 Å². The van der Waals surface area contributed by atoms with E-state index in [-0.39, 0.29) is 11.8 Å². The van der Waals surface area contributed by atoms with E-state index in [0.29, 0.717) is 0 Å². The van der Waals surface area contributed by atoms with Gasteiger partial charge in [-0.15, -0.1) is 0 Å². The van der Waals surface area contributed by atoms with Crippen molar-refractivity contribution < 1.29 is 18.3 Å². The van der Waals surface area contributed by atoms with Gasteiger partial charge < -0.3 is 9.47 Å². The Kier molecular flexibility index (Phi) is 5.65. The van der Waals surface area contributed by atoms with Gasteiger partial charge in [0.2, 0.25) is 5.72 Å². The van der Waals surface area contributed by atoms with E-state index in [0.717, 1.165) is 61.5 Å². The van der Waals surface area contributed by atoms with Crippen LogP contribution in [0.3, 0.4) is 0 Å². The Bertz CT molecular complexity index is 1210. The normalized spacial score (nSPS) is 20.8. The van der Waals surface area contributed by atoms with Crippen LogP contribution in [0.15, 0.2) is 84.0 Å². The van der Waals surface area contributed by atoms with Crippen molar-refractivity contribution >= 4 is 5.71 Å². The van der Waals surface area contributed by atoms with E-state index in [4.69, 9.17) is 9.84 Å². The van der Waals surface area contributed by atoms with Gasteiger partial charge in [-0.1, -0.05) is 48.5 Å². The lowest BCUT2D eigenvalue weighted by Gasteiger charge is -2.51. The van der Waals surface area contributed by atoms with Gasteiger partial charge in [-0.3, -0.25) is 4.90 Å². The first-order valence-corrected chi connectivity index (χ1v) is 12.1. The van der Waals surface area contributed by atoms with E-state index >= 15 is 0 Å². The van der Waals surface area contributed by atoms with Gasteiger partial charge >= 0.3 is 6.61 Å². The van der Waals surface area contributed by atoms with Crippen LogP contribution in [0.2, 0.25) is 0 Å². The summed E-state index contributed by atoms with van der Waals surface area (Å²) in [5.41, 5.74) is 3.81. The number of nitrogens with zero attached hydrogens (tertiary/aromatic N) is 3. The molecule has 0 aromatic heterocycles. The number of hydrogen-bond donors (Lipinski definition) is 0. The molecule has 3 aliphatic rings. The molecule has 180 valence electrons. The molecule has 1 spiro atoms. The van der Waals surface area contributed by atoms with Crippen LogP contribution in [0, 0.1) is 0 Å². The lowest BCUT2D eigenvalue weighted by molar-refractivity contribution is -0.150. The summed E-state index contributed by atoms with van der Waals surface area (Å²) in [6.45, 7) is -0.0615. The molecule has 5 nitrogen and oxygen atoms in total. The first kappa shape index (κ1) is 22.0. The number of fused-ring (bicyclic) bond motifs is 4. The number of rotatable bonds is 5. The van der Waals surface area contributed by atoms with E-state index in [9.17, 15) is 8.78 Å². The van der Waals surface area contributed by atoms with Crippen molar-refractivity contribution in [1.82, 2.24) is 9.91 Å². The fourth-order valence-electron chi connectivity index (χ4n) is 5.46. The molecule has 3 aliphatic heterocycles. The van der Waals surface area contributed by atoms with Crippen LogP contribution in [0.4, 0.5) is 8.78 Å². The Balaban J connectivity index is 1.26. The molecule has 0 saturated carbocycles. The van der Waals surface area contributed by atoms with Gasteiger partial charge in [0.1, 0.15) is 11.5 Å². The predicted octanol–water partition coefficient (Wildman–Crippen LogP) is 5.82. The molecule has 3 aromatic carbocycles. The largest absolute Gasteiger partial charge is 0.466 e. The smallest absolute Gasteiger partial charge is 0.387 e. The number of piperidine rings is 1. The molecule has 1 fully saturated rings. The van der Waals surface area contributed by atoms with Crippen LogP contribution in [0.25, 0.3) is 0 Å². The van der Waals surface area contributed by atoms with Crippen molar-refractivity contribution in [2.45, 2.75) is 44.2 Å². The Morgan fingerprint density at radius 2 is 1.66 bits per heavy atom. The van der Waals surface area contributed by atoms with Crippen LogP contribution in [-0.2, 0) is 6.54 Å². The quantitative estimate of drug-likeness (QED) is 0.466. The number of likely N-dealkylation sites (tertiary alicyclic amines) is 1. The number of ether oxygens (including phenoxy) is 2. The number of hydrazone groups is 1. The number of hydrogen-bond acceptors (Lipinski definition) is 5. The third-order valence-electron chi connectivity index (χ3n) is 7.20. The van der Waals surface area contributed by atoms with E-state index in [2.05, 4.69) is 51.0 Å². The van der Waals surface area contributed by atoms with Gasteiger partial charge in [-0.05, 0) is 41.5 Å².